The zero-order chi connectivity index (χ0) is 14.2. The molecule has 0 spiro atoms. The van der Waals surface area contributed by atoms with E-state index >= 15 is 0 Å². The number of carboxylic acids is 1. The highest BCUT2D eigenvalue weighted by atomic mass is 35.5. The fourth-order valence-corrected chi connectivity index (χ4v) is 1.91. The highest BCUT2D eigenvalue weighted by Crippen LogP contribution is 2.34. The summed E-state index contributed by atoms with van der Waals surface area (Å²) in [5.74, 6) is -5.19. The van der Waals surface area contributed by atoms with Crippen molar-refractivity contribution in [2.45, 2.75) is 0 Å². The van der Waals surface area contributed by atoms with Gasteiger partial charge in [0, 0.05) is 11.1 Å². The molecule has 98 valence electrons. The second-order valence-electron chi connectivity index (χ2n) is 3.69. The molecule has 2 nitrogen and oxygen atoms in total. The van der Waals surface area contributed by atoms with Gasteiger partial charge in [-0.1, -0.05) is 23.7 Å². The number of hydrogen-bond donors (Lipinski definition) is 1. The molecule has 6 heteroatoms. The van der Waals surface area contributed by atoms with Crippen LogP contribution in [0.4, 0.5) is 13.2 Å². The van der Waals surface area contributed by atoms with Crippen molar-refractivity contribution in [3.05, 3.63) is 58.4 Å². The molecule has 0 amide bonds. The molecule has 0 aromatic heterocycles. The Morgan fingerprint density at radius 1 is 1.05 bits per heavy atom. The number of carbonyl (C=O) groups is 1. The lowest BCUT2D eigenvalue weighted by atomic mass is 10.0. The smallest absolute Gasteiger partial charge is 0.338 e. The number of benzene rings is 2. The molecule has 1 N–H and O–H groups in total. The van der Waals surface area contributed by atoms with Gasteiger partial charge < -0.3 is 5.11 Å². The summed E-state index contributed by atoms with van der Waals surface area (Å²) < 4.78 is 40.8. The van der Waals surface area contributed by atoms with E-state index in [0.717, 1.165) is 24.3 Å². The Morgan fingerprint density at radius 2 is 1.74 bits per heavy atom. The molecule has 2 rings (SSSR count). The van der Waals surface area contributed by atoms with Crippen molar-refractivity contribution in [3.8, 4) is 11.1 Å². The van der Waals surface area contributed by atoms with E-state index in [4.69, 9.17) is 16.7 Å². The maximum absolute atomic E-state index is 14.0. The first kappa shape index (κ1) is 13.4. The number of rotatable bonds is 2. The molecule has 0 fully saturated rings. The van der Waals surface area contributed by atoms with Crippen LogP contribution in [0.2, 0.25) is 5.02 Å². The molecular formula is C13H6ClF3O2. The molecule has 19 heavy (non-hydrogen) atoms. The maximum atomic E-state index is 14.0. The fourth-order valence-electron chi connectivity index (χ4n) is 1.66. The second kappa shape index (κ2) is 4.93. The first-order chi connectivity index (χ1) is 8.93. The normalized spacial score (nSPS) is 10.5. The van der Waals surface area contributed by atoms with Crippen LogP contribution in [0.3, 0.4) is 0 Å². The molecule has 0 radical (unpaired) electrons. The molecule has 0 unspecified atom stereocenters. The van der Waals surface area contributed by atoms with Crippen LogP contribution in [0, 0.1) is 17.5 Å². The van der Waals surface area contributed by atoms with E-state index < -0.39 is 40.1 Å². The summed E-state index contributed by atoms with van der Waals surface area (Å²) in [5.41, 5.74) is -1.54. The van der Waals surface area contributed by atoms with Crippen molar-refractivity contribution in [3.63, 3.8) is 0 Å². The Balaban J connectivity index is 2.77. The van der Waals surface area contributed by atoms with Crippen molar-refractivity contribution >= 4 is 17.6 Å². The maximum Gasteiger partial charge on any atom is 0.338 e. The van der Waals surface area contributed by atoms with Crippen molar-refractivity contribution < 1.29 is 23.1 Å². The van der Waals surface area contributed by atoms with Gasteiger partial charge in [0.2, 0.25) is 0 Å². The average molecular weight is 287 g/mol. The summed E-state index contributed by atoms with van der Waals surface area (Å²) in [6.07, 6.45) is 0. The third-order valence-corrected chi connectivity index (χ3v) is 2.86. The molecule has 0 saturated carbocycles. The van der Waals surface area contributed by atoms with Crippen LogP contribution in [-0.4, -0.2) is 11.1 Å². The predicted molar refractivity (Wildman–Crippen MR) is 63.7 cm³/mol. The number of aromatic carboxylic acids is 1. The van der Waals surface area contributed by atoms with Gasteiger partial charge in [-0.05, 0) is 18.2 Å². The Labute approximate surface area is 111 Å². The van der Waals surface area contributed by atoms with Crippen LogP contribution in [0.1, 0.15) is 10.4 Å². The van der Waals surface area contributed by atoms with Crippen LogP contribution in [0.25, 0.3) is 11.1 Å². The zero-order valence-electron chi connectivity index (χ0n) is 9.25. The zero-order valence-corrected chi connectivity index (χ0v) is 10.0. The quantitative estimate of drug-likeness (QED) is 0.843. The lowest BCUT2D eigenvalue weighted by molar-refractivity contribution is 0.0692. The van der Waals surface area contributed by atoms with Gasteiger partial charge in [-0.2, -0.15) is 0 Å². The summed E-state index contributed by atoms with van der Waals surface area (Å²) in [6.45, 7) is 0. The molecule has 0 atom stereocenters. The Hall–Kier alpha value is -2.01. The third-order valence-electron chi connectivity index (χ3n) is 2.54. The minimum Gasteiger partial charge on any atom is -0.478 e. The SMILES string of the molecule is O=C(O)c1cccc(-c2c(Cl)ccc(F)c2F)c1F. The van der Waals surface area contributed by atoms with Gasteiger partial charge in [-0.25, -0.2) is 18.0 Å². The predicted octanol–water partition coefficient (Wildman–Crippen LogP) is 4.12. The average Bonchev–Trinajstić information content (AvgIpc) is 2.36. The largest absolute Gasteiger partial charge is 0.478 e. The second-order valence-corrected chi connectivity index (χ2v) is 4.10. The molecule has 0 aliphatic carbocycles. The highest BCUT2D eigenvalue weighted by Gasteiger charge is 2.21. The molecule has 0 heterocycles. The van der Waals surface area contributed by atoms with Gasteiger partial charge in [0.15, 0.2) is 11.6 Å². The first-order valence-corrected chi connectivity index (χ1v) is 5.47. The van der Waals surface area contributed by atoms with E-state index in [1.165, 1.54) is 6.07 Å². The molecule has 0 aliphatic heterocycles. The Kier molecular flexibility index (Phi) is 3.48. The Bertz CT molecular complexity index is 671. The van der Waals surface area contributed by atoms with Gasteiger partial charge in [0.1, 0.15) is 5.82 Å². The molecule has 2 aromatic carbocycles. The van der Waals surface area contributed by atoms with Crippen molar-refractivity contribution in [2.75, 3.05) is 0 Å². The molecule has 0 saturated heterocycles. The summed E-state index contributed by atoms with van der Waals surface area (Å²) in [5, 5.41) is 8.58. The van der Waals surface area contributed by atoms with Gasteiger partial charge in [0.25, 0.3) is 0 Å². The third kappa shape index (κ3) is 2.29. The summed E-state index contributed by atoms with van der Waals surface area (Å²) in [7, 11) is 0. The number of hydrogen-bond acceptors (Lipinski definition) is 1. The molecule has 2 aromatic rings. The van der Waals surface area contributed by atoms with E-state index in [-0.39, 0.29) is 5.02 Å². The summed E-state index contributed by atoms with van der Waals surface area (Å²) in [4.78, 5) is 10.8. The van der Waals surface area contributed by atoms with E-state index in [2.05, 4.69) is 0 Å². The number of halogens is 4. The van der Waals surface area contributed by atoms with Crippen molar-refractivity contribution in [1.29, 1.82) is 0 Å². The standard InChI is InChI=1S/C13H6ClF3O2/c14-8-4-5-9(15)12(17)10(8)6-2-1-3-7(11(6)16)13(18)19/h1-5H,(H,18,19). The fraction of sp³-hybridized carbons (Fsp3) is 0. The van der Waals surface area contributed by atoms with Crippen LogP contribution < -0.4 is 0 Å². The van der Waals surface area contributed by atoms with Crippen LogP contribution in [-0.2, 0) is 0 Å². The summed E-state index contributed by atoms with van der Waals surface area (Å²) in [6, 6.07) is 5.25. The lowest BCUT2D eigenvalue weighted by Crippen LogP contribution is -2.03. The van der Waals surface area contributed by atoms with E-state index in [0.29, 0.717) is 0 Å². The number of carboxylic acid groups (broad SMARTS) is 1. The van der Waals surface area contributed by atoms with E-state index in [1.807, 2.05) is 0 Å². The van der Waals surface area contributed by atoms with Crippen molar-refractivity contribution in [2.24, 2.45) is 0 Å². The van der Waals surface area contributed by atoms with Gasteiger partial charge in [-0.15, -0.1) is 0 Å². The Morgan fingerprint density at radius 3 is 2.37 bits per heavy atom. The minimum atomic E-state index is -1.51. The minimum absolute atomic E-state index is 0.208. The van der Waals surface area contributed by atoms with Gasteiger partial charge in [0.05, 0.1) is 10.6 Å². The first-order valence-electron chi connectivity index (χ1n) is 5.09. The van der Waals surface area contributed by atoms with Crippen LogP contribution >= 0.6 is 11.6 Å². The topological polar surface area (TPSA) is 37.3 Å². The molecule has 0 bridgehead atoms. The highest BCUT2D eigenvalue weighted by molar-refractivity contribution is 6.33. The van der Waals surface area contributed by atoms with E-state index in [9.17, 15) is 18.0 Å². The monoisotopic (exact) mass is 286 g/mol. The van der Waals surface area contributed by atoms with E-state index in [1.54, 1.807) is 0 Å². The molecular weight excluding hydrogens is 281 g/mol. The van der Waals surface area contributed by atoms with Crippen LogP contribution in [0.15, 0.2) is 30.3 Å². The van der Waals surface area contributed by atoms with Gasteiger partial charge >= 0.3 is 5.97 Å². The summed E-state index contributed by atoms with van der Waals surface area (Å²) >= 11 is 5.72. The lowest BCUT2D eigenvalue weighted by Gasteiger charge is -2.09. The van der Waals surface area contributed by atoms with Crippen LogP contribution in [0.5, 0.6) is 0 Å². The van der Waals surface area contributed by atoms with Gasteiger partial charge in [-0.3, -0.25) is 0 Å². The van der Waals surface area contributed by atoms with Crippen molar-refractivity contribution in [1.82, 2.24) is 0 Å². The molecule has 0 aliphatic rings.